The standard InChI is InChI=1S/C11H20ClN3O2/c1-15-6-2-3-9(8-15)14-10(16)4-5-13-11(17)7-12/h9H,2-8H2,1H3,(H,13,17)(H,14,16). The fourth-order valence-corrected chi connectivity index (χ4v) is 2.04. The Hall–Kier alpha value is -0.810. The van der Waals surface area contributed by atoms with Gasteiger partial charge in [0.2, 0.25) is 11.8 Å². The van der Waals surface area contributed by atoms with Gasteiger partial charge in [-0.3, -0.25) is 9.59 Å². The molecule has 98 valence electrons. The van der Waals surface area contributed by atoms with Gasteiger partial charge in [0.25, 0.3) is 0 Å². The Labute approximate surface area is 107 Å². The van der Waals surface area contributed by atoms with Crippen LogP contribution in [0, 0.1) is 0 Å². The van der Waals surface area contributed by atoms with E-state index in [4.69, 9.17) is 11.6 Å². The van der Waals surface area contributed by atoms with Gasteiger partial charge in [0.1, 0.15) is 5.88 Å². The van der Waals surface area contributed by atoms with Crippen LogP contribution in [0.1, 0.15) is 19.3 Å². The maximum atomic E-state index is 11.6. The smallest absolute Gasteiger partial charge is 0.234 e. The number of hydrogen-bond acceptors (Lipinski definition) is 3. The minimum atomic E-state index is -0.239. The van der Waals surface area contributed by atoms with Crippen molar-refractivity contribution in [2.75, 3.05) is 32.6 Å². The lowest BCUT2D eigenvalue weighted by atomic mass is 10.1. The average molecular weight is 262 g/mol. The van der Waals surface area contributed by atoms with Crippen molar-refractivity contribution >= 4 is 23.4 Å². The Kier molecular flexibility index (Phi) is 6.29. The zero-order chi connectivity index (χ0) is 12.7. The van der Waals surface area contributed by atoms with Crippen LogP contribution in [0.5, 0.6) is 0 Å². The minimum Gasteiger partial charge on any atom is -0.355 e. The normalized spacial score (nSPS) is 20.9. The Bertz CT molecular complexity index is 273. The highest BCUT2D eigenvalue weighted by molar-refractivity contribution is 6.27. The molecule has 2 N–H and O–H groups in total. The van der Waals surface area contributed by atoms with Gasteiger partial charge in [-0.1, -0.05) is 0 Å². The van der Waals surface area contributed by atoms with Crippen molar-refractivity contribution in [3.8, 4) is 0 Å². The molecule has 0 aliphatic carbocycles. The quantitative estimate of drug-likeness (QED) is 0.682. The lowest BCUT2D eigenvalue weighted by Crippen LogP contribution is -2.46. The molecule has 1 atom stereocenters. The van der Waals surface area contributed by atoms with Crippen LogP contribution in [-0.2, 0) is 9.59 Å². The highest BCUT2D eigenvalue weighted by atomic mass is 35.5. The highest BCUT2D eigenvalue weighted by Gasteiger charge is 2.18. The van der Waals surface area contributed by atoms with Crippen LogP contribution in [0.25, 0.3) is 0 Å². The summed E-state index contributed by atoms with van der Waals surface area (Å²) in [7, 11) is 2.05. The number of piperidine rings is 1. The zero-order valence-corrected chi connectivity index (χ0v) is 10.9. The lowest BCUT2D eigenvalue weighted by Gasteiger charge is -2.30. The zero-order valence-electron chi connectivity index (χ0n) is 10.2. The molecule has 0 radical (unpaired) electrons. The number of alkyl halides is 1. The number of nitrogens with zero attached hydrogens (tertiary/aromatic N) is 1. The van der Waals surface area contributed by atoms with Gasteiger partial charge in [-0.15, -0.1) is 11.6 Å². The maximum absolute atomic E-state index is 11.6. The van der Waals surface area contributed by atoms with Crippen molar-refractivity contribution in [1.82, 2.24) is 15.5 Å². The Morgan fingerprint density at radius 1 is 1.41 bits per heavy atom. The van der Waals surface area contributed by atoms with Crippen LogP contribution in [-0.4, -0.2) is 55.3 Å². The molecule has 17 heavy (non-hydrogen) atoms. The summed E-state index contributed by atoms with van der Waals surface area (Å²) in [6, 6.07) is 0.241. The van der Waals surface area contributed by atoms with E-state index in [1.165, 1.54) is 0 Å². The third-order valence-corrected chi connectivity index (χ3v) is 3.03. The van der Waals surface area contributed by atoms with E-state index in [1.54, 1.807) is 0 Å². The van der Waals surface area contributed by atoms with Gasteiger partial charge in [-0.25, -0.2) is 0 Å². The molecule has 1 fully saturated rings. The van der Waals surface area contributed by atoms with E-state index in [9.17, 15) is 9.59 Å². The van der Waals surface area contributed by atoms with Crippen LogP contribution < -0.4 is 10.6 Å². The topological polar surface area (TPSA) is 61.4 Å². The number of hydrogen-bond donors (Lipinski definition) is 2. The number of carbonyl (C=O) groups is 2. The second-order valence-electron chi connectivity index (χ2n) is 4.40. The predicted molar refractivity (Wildman–Crippen MR) is 67.0 cm³/mol. The summed E-state index contributed by atoms with van der Waals surface area (Å²) >= 11 is 5.32. The number of nitrogens with one attached hydrogen (secondary N) is 2. The summed E-state index contributed by atoms with van der Waals surface area (Å²) in [6.45, 7) is 2.35. The van der Waals surface area contributed by atoms with E-state index >= 15 is 0 Å². The first-order chi connectivity index (χ1) is 8.11. The number of rotatable bonds is 5. The van der Waals surface area contributed by atoms with E-state index in [2.05, 4.69) is 22.6 Å². The van der Waals surface area contributed by atoms with Crippen LogP contribution in [0.15, 0.2) is 0 Å². The van der Waals surface area contributed by atoms with Gasteiger partial charge in [0, 0.05) is 25.6 Å². The first kappa shape index (κ1) is 14.3. The molecule has 0 aromatic carbocycles. The second-order valence-corrected chi connectivity index (χ2v) is 4.67. The molecule has 0 aromatic heterocycles. The van der Waals surface area contributed by atoms with Gasteiger partial charge >= 0.3 is 0 Å². The first-order valence-electron chi connectivity index (χ1n) is 5.92. The molecule has 1 saturated heterocycles. The van der Waals surface area contributed by atoms with E-state index in [1.807, 2.05) is 0 Å². The Morgan fingerprint density at radius 2 is 2.18 bits per heavy atom. The van der Waals surface area contributed by atoms with Crippen LogP contribution >= 0.6 is 11.6 Å². The van der Waals surface area contributed by atoms with Crippen molar-refractivity contribution in [2.24, 2.45) is 0 Å². The summed E-state index contributed by atoms with van der Waals surface area (Å²) in [5.41, 5.74) is 0. The highest BCUT2D eigenvalue weighted by Crippen LogP contribution is 2.07. The summed E-state index contributed by atoms with van der Waals surface area (Å²) in [5.74, 6) is -0.313. The average Bonchev–Trinajstić information content (AvgIpc) is 2.28. The molecule has 5 nitrogen and oxygen atoms in total. The molecular formula is C11H20ClN3O2. The number of halogens is 1. The molecule has 1 rings (SSSR count). The number of likely N-dealkylation sites (N-methyl/N-ethyl adjacent to an activating group) is 1. The van der Waals surface area contributed by atoms with Crippen molar-refractivity contribution < 1.29 is 9.59 Å². The molecule has 0 bridgehead atoms. The van der Waals surface area contributed by atoms with Crippen LogP contribution in [0.3, 0.4) is 0 Å². The third kappa shape index (κ3) is 5.89. The SMILES string of the molecule is CN1CCCC(NC(=O)CCNC(=O)CCl)C1. The van der Waals surface area contributed by atoms with Crippen molar-refractivity contribution in [1.29, 1.82) is 0 Å². The van der Waals surface area contributed by atoms with E-state index in [0.717, 1.165) is 25.9 Å². The summed E-state index contributed by atoms with van der Waals surface area (Å²) in [4.78, 5) is 24.6. The monoisotopic (exact) mass is 261 g/mol. The lowest BCUT2D eigenvalue weighted by molar-refractivity contribution is -0.122. The Morgan fingerprint density at radius 3 is 2.82 bits per heavy atom. The van der Waals surface area contributed by atoms with Crippen molar-refractivity contribution in [3.05, 3.63) is 0 Å². The molecule has 0 aromatic rings. The number of carbonyl (C=O) groups excluding carboxylic acids is 2. The third-order valence-electron chi connectivity index (χ3n) is 2.79. The number of amides is 2. The van der Waals surface area contributed by atoms with E-state index < -0.39 is 0 Å². The molecule has 2 amide bonds. The van der Waals surface area contributed by atoms with Crippen LogP contribution in [0.2, 0.25) is 0 Å². The van der Waals surface area contributed by atoms with Gasteiger partial charge in [-0.2, -0.15) is 0 Å². The molecular weight excluding hydrogens is 242 g/mol. The fraction of sp³-hybridized carbons (Fsp3) is 0.818. The van der Waals surface area contributed by atoms with E-state index in [-0.39, 0.29) is 23.7 Å². The minimum absolute atomic E-state index is 0.0137. The van der Waals surface area contributed by atoms with Crippen molar-refractivity contribution in [2.45, 2.75) is 25.3 Å². The molecule has 1 unspecified atom stereocenters. The Balaban J connectivity index is 2.14. The molecule has 0 spiro atoms. The molecule has 0 saturated carbocycles. The van der Waals surface area contributed by atoms with Gasteiger partial charge in [-0.05, 0) is 26.4 Å². The van der Waals surface area contributed by atoms with Crippen LogP contribution in [0.4, 0.5) is 0 Å². The second kappa shape index (κ2) is 7.50. The van der Waals surface area contributed by atoms with Crippen molar-refractivity contribution in [3.63, 3.8) is 0 Å². The molecule has 1 heterocycles. The molecule has 1 aliphatic rings. The van der Waals surface area contributed by atoms with Gasteiger partial charge in [0.15, 0.2) is 0 Å². The molecule has 6 heteroatoms. The summed E-state index contributed by atoms with van der Waals surface area (Å²) in [6.07, 6.45) is 2.46. The first-order valence-corrected chi connectivity index (χ1v) is 6.46. The van der Waals surface area contributed by atoms with E-state index in [0.29, 0.717) is 13.0 Å². The van der Waals surface area contributed by atoms with Gasteiger partial charge in [0.05, 0.1) is 0 Å². The largest absolute Gasteiger partial charge is 0.355 e. The van der Waals surface area contributed by atoms with Gasteiger partial charge < -0.3 is 15.5 Å². The summed E-state index contributed by atoms with van der Waals surface area (Å²) in [5, 5.41) is 5.54. The predicted octanol–water partition coefficient (Wildman–Crippen LogP) is -0.0581. The number of likely N-dealkylation sites (tertiary alicyclic amines) is 1. The fourth-order valence-electron chi connectivity index (χ4n) is 1.95. The summed E-state index contributed by atoms with van der Waals surface area (Å²) < 4.78 is 0. The molecule has 1 aliphatic heterocycles. The maximum Gasteiger partial charge on any atom is 0.234 e.